The number of unbranched alkanes of at least 4 members (excludes halogenated alkanes) is 26. The Morgan fingerprint density at radius 3 is 1.04 bits per heavy atom. The molecule has 0 aromatic carbocycles. The molecule has 0 spiro atoms. The van der Waals surface area contributed by atoms with Gasteiger partial charge in [0.25, 0.3) is 0 Å². The lowest BCUT2D eigenvalue weighted by molar-refractivity contribution is -0.514. The van der Waals surface area contributed by atoms with Crippen molar-refractivity contribution in [3.8, 4) is 0 Å². The highest BCUT2D eigenvalue weighted by atomic mass is 32.3. The van der Waals surface area contributed by atoms with Gasteiger partial charge < -0.3 is 4.55 Å². The fourth-order valence-electron chi connectivity index (χ4n) is 5.79. The van der Waals surface area contributed by atoms with Gasteiger partial charge in [0.1, 0.15) is 13.1 Å². The number of hydrogen-bond acceptors (Lipinski definition) is 5. The lowest BCUT2D eigenvalue weighted by Crippen LogP contribution is -2.18. The van der Waals surface area contributed by atoms with E-state index in [9.17, 15) is 13.0 Å². The van der Waals surface area contributed by atoms with E-state index >= 15 is 0 Å². The van der Waals surface area contributed by atoms with Crippen molar-refractivity contribution in [2.75, 3.05) is 33.3 Å². The molecule has 0 saturated heterocycles. The summed E-state index contributed by atoms with van der Waals surface area (Å²) < 4.78 is 33.5. The molecule has 1 heterocycles. The van der Waals surface area contributed by atoms with Crippen molar-refractivity contribution in [1.29, 1.82) is 0 Å². The Bertz CT molecular complexity index is 688. The van der Waals surface area contributed by atoms with Crippen LogP contribution in [0.1, 0.15) is 207 Å². The third-order valence-electron chi connectivity index (χ3n) is 8.87. The quantitative estimate of drug-likeness (QED) is 0.0332. The first-order valence-electron chi connectivity index (χ1n) is 19.7. The monoisotopic (exact) mass is 661 g/mol. The molecule has 0 radical (unpaired) electrons. The maximum atomic E-state index is 9.22. The molecule has 0 fully saturated rings. The van der Waals surface area contributed by atoms with Gasteiger partial charge in [0, 0.05) is 0 Å². The van der Waals surface area contributed by atoms with Crippen LogP contribution in [0.25, 0.3) is 0 Å². The van der Waals surface area contributed by atoms with E-state index in [1.54, 1.807) is 0 Å². The van der Waals surface area contributed by atoms with Crippen molar-refractivity contribution in [3.63, 3.8) is 0 Å². The van der Waals surface area contributed by atoms with E-state index in [0.717, 1.165) is 13.7 Å². The zero-order valence-corrected chi connectivity index (χ0v) is 32.0. The number of rotatable bonds is 30. The third-order valence-corrected chi connectivity index (χ3v) is 9.28. The number of hydrogen-bond donors (Lipinski definition) is 0. The number of nitrogens with zero attached hydrogens (tertiary/aromatic N) is 2. The van der Waals surface area contributed by atoms with Gasteiger partial charge in [-0.25, -0.2) is 8.42 Å². The standard InChI is InChI=1S/C22H45N2.C15H32.CH4O4S/c1-3-5-6-7-8-9-10-11-12-13-14-15-16-17-18-19-24-21-20-23(4-2)22-24;1-3-5-7-9-11-13-15-14-12-10-8-6-4-2;1-5-6(2,3)4/h22H,3-21H2,1-2H3;3-15H2,1-2H3;1H3,(H,2,3,4)/q+1;;/p-1. The summed E-state index contributed by atoms with van der Waals surface area (Å²) in [6.07, 6.45) is 43.0. The van der Waals surface area contributed by atoms with Crippen LogP contribution in [0.15, 0.2) is 0 Å². The molecule has 0 unspecified atom stereocenters. The van der Waals surface area contributed by atoms with Crippen molar-refractivity contribution < 1.29 is 21.7 Å². The zero-order chi connectivity index (χ0) is 33.7. The maximum Gasteiger partial charge on any atom is 0.234 e. The van der Waals surface area contributed by atoms with Gasteiger partial charge in [0.15, 0.2) is 0 Å². The summed E-state index contributed by atoms with van der Waals surface area (Å²) in [5, 5.41) is 0. The molecule has 272 valence electrons. The lowest BCUT2D eigenvalue weighted by Gasteiger charge is -2.03. The zero-order valence-electron chi connectivity index (χ0n) is 31.1. The third kappa shape index (κ3) is 41.3. The van der Waals surface area contributed by atoms with E-state index < -0.39 is 10.4 Å². The summed E-state index contributed by atoms with van der Waals surface area (Å²) in [6.45, 7) is 14.0. The summed E-state index contributed by atoms with van der Waals surface area (Å²) in [7, 11) is -3.60. The largest absolute Gasteiger partial charge is 0.726 e. The highest BCUT2D eigenvalue weighted by Crippen LogP contribution is 2.14. The predicted octanol–water partition coefficient (Wildman–Crippen LogP) is 11.4. The minimum absolute atomic E-state index is 0.808. The molecule has 0 aromatic rings. The lowest BCUT2D eigenvalue weighted by atomic mass is 10.0. The van der Waals surface area contributed by atoms with Crippen molar-refractivity contribution in [3.05, 3.63) is 0 Å². The molecule has 0 saturated carbocycles. The fourth-order valence-corrected chi connectivity index (χ4v) is 5.79. The van der Waals surface area contributed by atoms with Crippen LogP contribution in [0.2, 0.25) is 0 Å². The first-order valence-corrected chi connectivity index (χ1v) is 21.0. The predicted molar refractivity (Wildman–Crippen MR) is 196 cm³/mol. The van der Waals surface area contributed by atoms with Crippen LogP contribution in [0, 0.1) is 0 Å². The molecule has 0 aliphatic carbocycles. The molecule has 0 atom stereocenters. The Labute approximate surface area is 283 Å². The fraction of sp³-hybridized carbons (Fsp3) is 0.974. The Morgan fingerprint density at radius 2 is 0.822 bits per heavy atom. The van der Waals surface area contributed by atoms with Crippen LogP contribution in [0.4, 0.5) is 0 Å². The molecule has 0 bridgehead atoms. The van der Waals surface area contributed by atoms with Gasteiger partial charge in [0.05, 0.1) is 20.2 Å². The van der Waals surface area contributed by atoms with Crippen LogP contribution in [-0.4, -0.2) is 62.1 Å². The minimum atomic E-state index is -4.41. The van der Waals surface area contributed by atoms with E-state index in [0.29, 0.717) is 0 Å². The normalized spacial score (nSPS) is 12.8. The summed E-state index contributed by atoms with van der Waals surface area (Å²) in [5.74, 6) is 0. The second-order valence-corrected chi connectivity index (χ2v) is 14.3. The first kappa shape index (κ1) is 46.5. The van der Waals surface area contributed by atoms with Gasteiger partial charge in [-0.15, -0.1) is 0 Å². The van der Waals surface area contributed by atoms with E-state index in [1.807, 2.05) is 0 Å². The van der Waals surface area contributed by atoms with Crippen LogP contribution in [0.5, 0.6) is 0 Å². The van der Waals surface area contributed by atoms with Crippen LogP contribution >= 0.6 is 0 Å². The Morgan fingerprint density at radius 1 is 0.556 bits per heavy atom. The van der Waals surface area contributed by atoms with E-state index in [1.165, 1.54) is 199 Å². The van der Waals surface area contributed by atoms with E-state index in [-0.39, 0.29) is 0 Å². The summed E-state index contributed by atoms with van der Waals surface area (Å²) in [5.41, 5.74) is 0. The summed E-state index contributed by atoms with van der Waals surface area (Å²) in [4.78, 5) is 2.42. The Kier molecular flexibility index (Phi) is 39.0. The molecule has 0 amide bonds. The van der Waals surface area contributed by atoms with Crippen LogP contribution in [0.3, 0.4) is 0 Å². The second kappa shape index (κ2) is 37.8. The first-order chi connectivity index (χ1) is 21.8. The highest BCUT2D eigenvalue weighted by Gasteiger charge is 2.15. The van der Waals surface area contributed by atoms with Gasteiger partial charge >= 0.3 is 0 Å². The summed E-state index contributed by atoms with van der Waals surface area (Å²) >= 11 is 0. The minimum Gasteiger partial charge on any atom is -0.726 e. The van der Waals surface area contributed by atoms with Gasteiger partial charge in [-0.2, -0.15) is 0 Å². The maximum absolute atomic E-state index is 9.22. The molecule has 7 heteroatoms. The molecule has 1 rings (SSSR count). The Hall–Kier alpha value is -0.660. The van der Waals surface area contributed by atoms with Crippen LogP contribution < -0.4 is 0 Å². The molecule has 0 aromatic heterocycles. The van der Waals surface area contributed by atoms with Gasteiger partial charge in [-0.1, -0.05) is 188 Å². The molecular formula is C38H80N2O4S. The highest BCUT2D eigenvalue weighted by molar-refractivity contribution is 7.80. The molecule has 0 N–H and O–H groups in total. The molecule has 1 aliphatic rings. The second-order valence-electron chi connectivity index (χ2n) is 13.2. The van der Waals surface area contributed by atoms with Crippen molar-refractivity contribution in [2.24, 2.45) is 0 Å². The summed E-state index contributed by atoms with van der Waals surface area (Å²) in [6, 6.07) is 0. The van der Waals surface area contributed by atoms with Gasteiger partial charge in [-0.05, 0) is 19.8 Å². The topological polar surface area (TPSA) is 72.7 Å². The molecule has 1 aliphatic heterocycles. The molecular weight excluding hydrogens is 580 g/mol. The van der Waals surface area contributed by atoms with E-state index in [2.05, 4.69) is 47.7 Å². The molecule has 45 heavy (non-hydrogen) atoms. The van der Waals surface area contributed by atoms with Gasteiger partial charge in [-0.3, -0.25) is 13.7 Å². The van der Waals surface area contributed by atoms with Crippen molar-refractivity contribution >= 4 is 16.7 Å². The average molecular weight is 661 g/mol. The molecule has 6 nitrogen and oxygen atoms in total. The van der Waals surface area contributed by atoms with Crippen molar-refractivity contribution in [1.82, 2.24) is 4.90 Å². The van der Waals surface area contributed by atoms with Gasteiger partial charge in [0.2, 0.25) is 16.7 Å². The number of likely N-dealkylation sites (N-methyl/N-ethyl adjacent to an activating group) is 1. The average Bonchev–Trinajstić information content (AvgIpc) is 3.50. The van der Waals surface area contributed by atoms with E-state index in [4.69, 9.17) is 0 Å². The smallest absolute Gasteiger partial charge is 0.234 e. The Balaban J connectivity index is 0. The van der Waals surface area contributed by atoms with Crippen LogP contribution in [-0.2, 0) is 14.6 Å². The SMILES string of the molecule is CCCCCCCCCCCCCCC.CCCCCCCCCCCCCCCCC[N+]1=CN(CC)CC1.COS(=O)(=O)[O-]. The van der Waals surface area contributed by atoms with Crippen molar-refractivity contribution in [2.45, 2.75) is 207 Å².